The lowest BCUT2D eigenvalue weighted by molar-refractivity contribution is -0.159. The Morgan fingerprint density at radius 1 is 0.551 bits per heavy atom. The molecule has 0 aromatic rings. The van der Waals surface area contributed by atoms with E-state index in [1.807, 2.05) is 0 Å². The SMILES string of the molecule is CCCCCCCCCCCCCCCC(=O)OCC(CNC(=O)C(N)CCC(=O)O)OC(=O)CCCCCCCCCCCCCCC. The first-order valence-electron chi connectivity index (χ1n) is 20.4. The molecule has 9 nitrogen and oxygen atoms in total. The molecule has 4 N–H and O–H groups in total. The molecule has 0 aliphatic heterocycles. The van der Waals surface area contributed by atoms with Crippen LogP contribution < -0.4 is 11.1 Å². The van der Waals surface area contributed by atoms with Crippen molar-refractivity contribution in [2.24, 2.45) is 5.73 Å². The fourth-order valence-corrected chi connectivity index (χ4v) is 5.97. The second-order valence-corrected chi connectivity index (χ2v) is 14.1. The Morgan fingerprint density at radius 3 is 1.31 bits per heavy atom. The lowest BCUT2D eigenvalue weighted by Gasteiger charge is -2.20. The van der Waals surface area contributed by atoms with Gasteiger partial charge in [-0.15, -0.1) is 0 Å². The van der Waals surface area contributed by atoms with Crippen LogP contribution in [0.3, 0.4) is 0 Å². The van der Waals surface area contributed by atoms with Crippen LogP contribution in [0.1, 0.15) is 206 Å². The fourth-order valence-electron chi connectivity index (χ4n) is 5.97. The van der Waals surface area contributed by atoms with Gasteiger partial charge in [-0.3, -0.25) is 19.2 Å². The largest absolute Gasteiger partial charge is 0.481 e. The van der Waals surface area contributed by atoms with E-state index in [0.29, 0.717) is 6.42 Å². The van der Waals surface area contributed by atoms with Crippen molar-refractivity contribution in [2.75, 3.05) is 13.2 Å². The Kier molecular flexibility index (Phi) is 34.1. The molecule has 0 radical (unpaired) electrons. The summed E-state index contributed by atoms with van der Waals surface area (Å²) in [5.74, 6) is -2.29. The highest BCUT2D eigenvalue weighted by Crippen LogP contribution is 2.15. The summed E-state index contributed by atoms with van der Waals surface area (Å²) in [7, 11) is 0. The zero-order valence-electron chi connectivity index (χ0n) is 31.8. The third-order valence-electron chi connectivity index (χ3n) is 9.21. The number of ether oxygens (including phenoxy) is 2. The molecule has 0 aromatic heterocycles. The number of carbonyl (C=O) groups is 4. The van der Waals surface area contributed by atoms with Crippen LogP contribution >= 0.6 is 0 Å². The minimum atomic E-state index is -1.03. The number of nitrogens with two attached hydrogens (primary N) is 1. The predicted molar refractivity (Wildman–Crippen MR) is 199 cm³/mol. The summed E-state index contributed by atoms with van der Waals surface area (Å²) in [4.78, 5) is 48.2. The van der Waals surface area contributed by atoms with Crippen LogP contribution in [-0.4, -0.2) is 54.2 Å². The summed E-state index contributed by atoms with van der Waals surface area (Å²) in [5.41, 5.74) is 5.81. The maximum absolute atomic E-state index is 12.6. The first-order chi connectivity index (χ1) is 23.8. The summed E-state index contributed by atoms with van der Waals surface area (Å²) < 4.78 is 11.0. The molecule has 0 heterocycles. The molecule has 1 amide bonds. The van der Waals surface area contributed by atoms with E-state index < -0.39 is 24.0 Å². The van der Waals surface area contributed by atoms with E-state index >= 15 is 0 Å². The van der Waals surface area contributed by atoms with Crippen molar-refractivity contribution in [3.8, 4) is 0 Å². The molecule has 0 aliphatic rings. The van der Waals surface area contributed by atoms with Gasteiger partial charge in [-0.05, 0) is 19.3 Å². The number of carboxylic acids is 1. The molecular formula is C40H76N2O7. The van der Waals surface area contributed by atoms with Gasteiger partial charge in [-0.2, -0.15) is 0 Å². The van der Waals surface area contributed by atoms with Gasteiger partial charge < -0.3 is 25.6 Å². The molecule has 9 heteroatoms. The number of nitrogens with one attached hydrogen (secondary N) is 1. The smallest absolute Gasteiger partial charge is 0.306 e. The molecule has 0 rings (SSSR count). The van der Waals surface area contributed by atoms with Crippen molar-refractivity contribution in [3.63, 3.8) is 0 Å². The second kappa shape index (κ2) is 35.7. The van der Waals surface area contributed by atoms with Gasteiger partial charge in [0.2, 0.25) is 5.91 Å². The maximum atomic E-state index is 12.6. The topological polar surface area (TPSA) is 145 Å². The third-order valence-corrected chi connectivity index (χ3v) is 9.21. The lowest BCUT2D eigenvalue weighted by atomic mass is 10.0. The minimum absolute atomic E-state index is 0.00121. The van der Waals surface area contributed by atoms with Gasteiger partial charge in [0.25, 0.3) is 0 Å². The number of amides is 1. The van der Waals surface area contributed by atoms with Crippen molar-refractivity contribution in [3.05, 3.63) is 0 Å². The van der Waals surface area contributed by atoms with Crippen LogP contribution in [0.5, 0.6) is 0 Å². The van der Waals surface area contributed by atoms with Gasteiger partial charge in [0.15, 0.2) is 6.10 Å². The van der Waals surface area contributed by atoms with Crippen molar-refractivity contribution >= 4 is 23.8 Å². The first kappa shape index (κ1) is 46.8. The van der Waals surface area contributed by atoms with Gasteiger partial charge >= 0.3 is 17.9 Å². The van der Waals surface area contributed by atoms with Crippen molar-refractivity contribution in [1.82, 2.24) is 5.32 Å². The van der Waals surface area contributed by atoms with Crippen LogP contribution in [0.2, 0.25) is 0 Å². The monoisotopic (exact) mass is 697 g/mol. The lowest BCUT2D eigenvalue weighted by Crippen LogP contribution is -2.45. The average Bonchev–Trinajstić information content (AvgIpc) is 3.08. The molecule has 0 fully saturated rings. The Hall–Kier alpha value is -2.16. The maximum Gasteiger partial charge on any atom is 0.306 e. The molecule has 49 heavy (non-hydrogen) atoms. The number of esters is 2. The Balaban J connectivity index is 4.29. The summed E-state index contributed by atoms with van der Waals surface area (Å²) in [5, 5.41) is 11.5. The molecule has 288 valence electrons. The van der Waals surface area contributed by atoms with Crippen molar-refractivity contribution in [1.29, 1.82) is 0 Å². The molecule has 0 saturated carbocycles. The number of aliphatic carboxylic acids is 1. The first-order valence-corrected chi connectivity index (χ1v) is 20.4. The number of hydrogen-bond acceptors (Lipinski definition) is 7. The Labute approximate surface area is 300 Å². The third kappa shape index (κ3) is 34.1. The van der Waals surface area contributed by atoms with Gasteiger partial charge in [-0.25, -0.2) is 0 Å². The van der Waals surface area contributed by atoms with Crippen molar-refractivity contribution in [2.45, 2.75) is 219 Å². The zero-order chi connectivity index (χ0) is 36.2. The summed E-state index contributed by atoms with van der Waals surface area (Å²) >= 11 is 0. The number of carbonyl (C=O) groups excluding carboxylic acids is 3. The Morgan fingerprint density at radius 2 is 0.918 bits per heavy atom. The number of unbranched alkanes of at least 4 members (excludes halogenated alkanes) is 24. The molecular weight excluding hydrogens is 620 g/mol. The predicted octanol–water partition coefficient (Wildman–Crippen LogP) is 9.71. The van der Waals surface area contributed by atoms with Gasteiger partial charge in [0.1, 0.15) is 6.61 Å². The van der Waals surface area contributed by atoms with Crippen LogP contribution in [-0.2, 0) is 28.7 Å². The summed E-state index contributed by atoms with van der Waals surface area (Å²) in [6.45, 7) is 4.29. The molecule has 0 aliphatic carbocycles. The molecule has 2 unspecified atom stereocenters. The molecule has 0 aromatic carbocycles. The Bertz CT molecular complexity index is 807. The standard InChI is InChI=1S/C40H76N2O7/c1-3-5-7-9-11-13-15-17-19-21-23-25-27-29-38(45)48-34-35(33-42-40(47)36(41)31-32-37(43)44)49-39(46)30-28-26-24-22-20-18-16-14-12-10-8-6-4-2/h35-36H,3-34,41H2,1-2H3,(H,42,47)(H,43,44). The van der Waals surface area contributed by atoms with E-state index in [1.165, 1.54) is 128 Å². The summed E-state index contributed by atoms with van der Waals surface area (Å²) in [6, 6.07) is -0.989. The summed E-state index contributed by atoms with van der Waals surface area (Å²) in [6.07, 6.45) is 31.3. The van der Waals surface area contributed by atoms with E-state index in [9.17, 15) is 19.2 Å². The van der Waals surface area contributed by atoms with Crippen molar-refractivity contribution < 1.29 is 33.8 Å². The normalized spacial score (nSPS) is 12.4. The highest BCUT2D eigenvalue weighted by molar-refractivity contribution is 5.82. The van der Waals surface area contributed by atoms with E-state index in [4.69, 9.17) is 20.3 Å². The highest BCUT2D eigenvalue weighted by Gasteiger charge is 2.21. The minimum Gasteiger partial charge on any atom is -0.481 e. The molecule has 2 atom stereocenters. The molecule has 0 spiro atoms. The van der Waals surface area contributed by atoms with E-state index in [0.717, 1.165) is 38.5 Å². The van der Waals surface area contributed by atoms with Crippen LogP contribution in [0.25, 0.3) is 0 Å². The zero-order valence-corrected chi connectivity index (χ0v) is 31.8. The molecule has 0 saturated heterocycles. The van der Waals surface area contributed by atoms with Crippen LogP contribution in [0, 0.1) is 0 Å². The average molecular weight is 697 g/mol. The number of carboxylic acid groups (broad SMARTS) is 1. The van der Waals surface area contributed by atoms with Gasteiger partial charge in [0, 0.05) is 19.3 Å². The van der Waals surface area contributed by atoms with Gasteiger partial charge in [-0.1, -0.05) is 168 Å². The number of rotatable bonds is 37. The van der Waals surface area contributed by atoms with Crippen LogP contribution in [0.15, 0.2) is 0 Å². The number of hydrogen-bond donors (Lipinski definition) is 3. The quantitative estimate of drug-likeness (QED) is 0.0430. The van der Waals surface area contributed by atoms with E-state index in [-0.39, 0.29) is 44.4 Å². The highest BCUT2D eigenvalue weighted by atomic mass is 16.6. The van der Waals surface area contributed by atoms with E-state index in [2.05, 4.69) is 19.2 Å². The van der Waals surface area contributed by atoms with Gasteiger partial charge in [0.05, 0.1) is 12.6 Å². The van der Waals surface area contributed by atoms with E-state index in [1.54, 1.807) is 0 Å². The second-order valence-electron chi connectivity index (χ2n) is 14.1. The van der Waals surface area contributed by atoms with Crippen LogP contribution in [0.4, 0.5) is 0 Å². The fraction of sp³-hybridized carbons (Fsp3) is 0.900. The molecule has 0 bridgehead atoms.